The normalized spacial score (nSPS) is 10.3. The van der Waals surface area contributed by atoms with Crippen LogP contribution < -0.4 is 11.1 Å². The fourth-order valence-corrected chi connectivity index (χ4v) is 2.05. The molecule has 4 heteroatoms. The van der Waals surface area contributed by atoms with Gasteiger partial charge in [-0.15, -0.1) is 0 Å². The second-order valence-electron chi connectivity index (χ2n) is 4.07. The van der Waals surface area contributed by atoms with Gasteiger partial charge in [-0.1, -0.05) is 12.1 Å². The molecule has 1 amide bonds. The zero-order valence-corrected chi connectivity index (χ0v) is 10.3. The van der Waals surface area contributed by atoms with Crippen molar-refractivity contribution in [3.63, 3.8) is 0 Å². The topological polar surface area (TPSA) is 72.2 Å². The molecule has 0 heterocycles. The van der Waals surface area contributed by atoms with Gasteiger partial charge in [0.05, 0.1) is 0 Å². The van der Waals surface area contributed by atoms with Crippen LogP contribution in [0.1, 0.15) is 27.6 Å². The van der Waals surface area contributed by atoms with Crippen molar-refractivity contribution < 1.29 is 9.59 Å². The molecule has 0 aliphatic rings. The highest BCUT2D eigenvalue weighted by molar-refractivity contribution is 6.17. The second kappa shape index (κ2) is 4.49. The van der Waals surface area contributed by atoms with E-state index in [1.165, 1.54) is 6.92 Å². The van der Waals surface area contributed by atoms with Crippen molar-refractivity contribution in [2.24, 2.45) is 0 Å². The highest BCUT2D eigenvalue weighted by Crippen LogP contribution is 2.28. The summed E-state index contributed by atoms with van der Waals surface area (Å²) in [6.45, 7) is 1.48. The molecule has 0 fully saturated rings. The molecule has 2 aromatic rings. The molecular weight excluding hydrogens is 228 g/mol. The second-order valence-corrected chi connectivity index (χ2v) is 4.07. The van der Waals surface area contributed by atoms with Crippen LogP contribution in [0.2, 0.25) is 0 Å². The lowest BCUT2D eigenvalue weighted by Gasteiger charge is -2.10. The van der Waals surface area contributed by atoms with Crippen LogP contribution in [0, 0.1) is 0 Å². The van der Waals surface area contributed by atoms with Crippen molar-refractivity contribution in [1.82, 2.24) is 5.32 Å². The smallest absolute Gasteiger partial charge is 0.251 e. The molecule has 2 aromatic carbocycles. The molecule has 0 atom stereocenters. The van der Waals surface area contributed by atoms with Gasteiger partial charge in [0, 0.05) is 34.6 Å². The Morgan fingerprint density at radius 3 is 2.44 bits per heavy atom. The quantitative estimate of drug-likeness (QED) is 0.624. The maximum Gasteiger partial charge on any atom is 0.251 e. The number of ketones is 1. The molecule has 0 aliphatic heterocycles. The molecular formula is C14H14N2O2. The zero-order valence-electron chi connectivity index (χ0n) is 10.3. The minimum atomic E-state index is -0.228. The molecule has 0 spiro atoms. The lowest BCUT2D eigenvalue weighted by molar-refractivity contribution is 0.0964. The summed E-state index contributed by atoms with van der Waals surface area (Å²) < 4.78 is 0. The maximum atomic E-state index is 11.9. The van der Waals surface area contributed by atoms with Crippen molar-refractivity contribution in [2.45, 2.75) is 6.92 Å². The molecule has 2 rings (SSSR count). The van der Waals surface area contributed by atoms with Crippen LogP contribution in [0.25, 0.3) is 10.8 Å². The third-order valence-corrected chi connectivity index (χ3v) is 2.93. The number of hydrogen-bond donors (Lipinski definition) is 2. The first-order chi connectivity index (χ1) is 8.56. The number of anilines is 1. The number of carbonyl (C=O) groups excluding carboxylic acids is 2. The molecule has 0 radical (unpaired) electrons. The molecule has 0 bridgehead atoms. The zero-order chi connectivity index (χ0) is 13.3. The van der Waals surface area contributed by atoms with E-state index in [1.54, 1.807) is 31.3 Å². The predicted molar refractivity (Wildman–Crippen MR) is 71.8 cm³/mol. The SMILES string of the molecule is CNC(=O)c1cccc2c(N)ccc(C(C)=O)c12. The number of carbonyl (C=O) groups is 2. The molecule has 92 valence electrons. The summed E-state index contributed by atoms with van der Waals surface area (Å²) in [6, 6.07) is 8.60. The molecule has 4 nitrogen and oxygen atoms in total. The lowest BCUT2D eigenvalue weighted by atomic mass is 9.95. The number of nitrogens with one attached hydrogen (secondary N) is 1. The number of Topliss-reactive ketones (excluding diaryl/α,β-unsaturated/α-hetero) is 1. The number of nitrogens with two attached hydrogens (primary N) is 1. The first kappa shape index (κ1) is 12.1. The van der Waals surface area contributed by atoms with Crippen LogP contribution in [0.4, 0.5) is 5.69 Å². The Balaban J connectivity index is 2.92. The minimum Gasteiger partial charge on any atom is -0.398 e. The van der Waals surface area contributed by atoms with Crippen molar-refractivity contribution in [1.29, 1.82) is 0 Å². The van der Waals surface area contributed by atoms with E-state index >= 15 is 0 Å². The summed E-state index contributed by atoms with van der Waals surface area (Å²) in [4.78, 5) is 23.5. The molecule has 0 saturated carbocycles. The number of nitrogen functional groups attached to an aromatic ring is 1. The molecule has 0 saturated heterocycles. The Kier molecular flexibility index (Phi) is 3.02. The Morgan fingerprint density at radius 2 is 1.83 bits per heavy atom. The number of fused-ring (bicyclic) bond motifs is 1. The predicted octanol–water partition coefficient (Wildman–Crippen LogP) is 1.98. The Labute approximate surface area is 105 Å². The first-order valence-electron chi connectivity index (χ1n) is 5.60. The average molecular weight is 242 g/mol. The van der Waals surface area contributed by atoms with Gasteiger partial charge in [0.15, 0.2) is 5.78 Å². The fourth-order valence-electron chi connectivity index (χ4n) is 2.05. The van der Waals surface area contributed by atoms with Gasteiger partial charge in [0.1, 0.15) is 0 Å². The number of rotatable bonds is 2. The third-order valence-electron chi connectivity index (χ3n) is 2.93. The Morgan fingerprint density at radius 1 is 1.11 bits per heavy atom. The van der Waals surface area contributed by atoms with Gasteiger partial charge < -0.3 is 11.1 Å². The Hall–Kier alpha value is -2.36. The summed E-state index contributed by atoms with van der Waals surface area (Å²) in [5.74, 6) is -0.315. The number of benzene rings is 2. The van der Waals surface area contributed by atoms with Gasteiger partial charge in [-0.3, -0.25) is 9.59 Å². The largest absolute Gasteiger partial charge is 0.398 e. The van der Waals surface area contributed by atoms with Crippen LogP contribution in [-0.2, 0) is 0 Å². The van der Waals surface area contributed by atoms with Crippen molar-refractivity contribution in [3.8, 4) is 0 Å². The van der Waals surface area contributed by atoms with Crippen LogP contribution in [0.15, 0.2) is 30.3 Å². The summed E-state index contributed by atoms with van der Waals surface area (Å²) >= 11 is 0. The van der Waals surface area contributed by atoms with E-state index in [2.05, 4.69) is 5.32 Å². The van der Waals surface area contributed by atoms with Crippen LogP contribution >= 0.6 is 0 Å². The van der Waals surface area contributed by atoms with E-state index in [1.807, 2.05) is 6.07 Å². The molecule has 0 aliphatic carbocycles. The van der Waals surface area contributed by atoms with Gasteiger partial charge in [0.2, 0.25) is 0 Å². The van der Waals surface area contributed by atoms with Crippen LogP contribution in [0.5, 0.6) is 0 Å². The summed E-state index contributed by atoms with van der Waals surface area (Å²) in [7, 11) is 1.56. The monoisotopic (exact) mass is 242 g/mol. The molecule has 0 unspecified atom stereocenters. The standard InChI is InChI=1S/C14H14N2O2/c1-8(17)9-6-7-12(15)10-4-3-5-11(13(9)10)14(18)16-2/h3-7H,15H2,1-2H3,(H,16,18). The van der Waals surface area contributed by atoms with Gasteiger partial charge >= 0.3 is 0 Å². The van der Waals surface area contributed by atoms with Crippen molar-refractivity contribution in [3.05, 3.63) is 41.5 Å². The van der Waals surface area contributed by atoms with E-state index in [4.69, 9.17) is 5.73 Å². The van der Waals surface area contributed by atoms with E-state index in [0.29, 0.717) is 22.2 Å². The summed E-state index contributed by atoms with van der Waals surface area (Å²) in [5, 5.41) is 3.91. The Bertz CT molecular complexity index is 648. The van der Waals surface area contributed by atoms with Gasteiger partial charge in [-0.25, -0.2) is 0 Å². The van der Waals surface area contributed by atoms with Crippen molar-refractivity contribution >= 4 is 28.2 Å². The summed E-state index contributed by atoms with van der Waals surface area (Å²) in [5.41, 5.74) is 7.43. The molecule has 3 N–H and O–H groups in total. The van der Waals surface area contributed by atoms with Gasteiger partial charge in [-0.05, 0) is 25.1 Å². The van der Waals surface area contributed by atoms with E-state index in [0.717, 1.165) is 5.39 Å². The van der Waals surface area contributed by atoms with E-state index in [-0.39, 0.29) is 11.7 Å². The van der Waals surface area contributed by atoms with Crippen LogP contribution in [0.3, 0.4) is 0 Å². The van der Waals surface area contributed by atoms with Crippen LogP contribution in [-0.4, -0.2) is 18.7 Å². The lowest BCUT2D eigenvalue weighted by Crippen LogP contribution is -2.18. The number of amides is 1. The third kappa shape index (κ3) is 1.82. The first-order valence-corrected chi connectivity index (χ1v) is 5.60. The highest BCUT2D eigenvalue weighted by atomic mass is 16.1. The maximum absolute atomic E-state index is 11.9. The minimum absolute atomic E-state index is 0.0867. The fraction of sp³-hybridized carbons (Fsp3) is 0.143. The highest BCUT2D eigenvalue weighted by Gasteiger charge is 2.15. The van der Waals surface area contributed by atoms with Gasteiger partial charge in [-0.2, -0.15) is 0 Å². The number of hydrogen-bond acceptors (Lipinski definition) is 3. The van der Waals surface area contributed by atoms with E-state index < -0.39 is 0 Å². The molecule has 18 heavy (non-hydrogen) atoms. The van der Waals surface area contributed by atoms with Crippen molar-refractivity contribution in [2.75, 3.05) is 12.8 Å². The van der Waals surface area contributed by atoms with Gasteiger partial charge in [0.25, 0.3) is 5.91 Å². The molecule has 0 aromatic heterocycles. The van der Waals surface area contributed by atoms with E-state index in [9.17, 15) is 9.59 Å². The summed E-state index contributed by atoms with van der Waals surface area (Å²) in [6.07, 6.45) is 0. The average Bonchev–Trinajstić information content (AvgIpc) is 2.37.